The first-order chi connectivity index (χ1) is 9.57. The van der Waals surface area contributed by atoms with Gasteiger partial charge in [0.05, 0.1) is 4.90 Å². The number of nitrogens with zero attached hydrogens (tertiary/aromatic N) is 1. The maximum absolute atomic E-state index is 12.6. The Morgan fingerprint density at radius 2 is 2.05 bits per heavy atom. The van der Waals surface area contributed by atoms with Gasteiger partial charge in [-0.05, 0) is 31.4 Å². The first-order valence-electron chi connectivity index (χ1n) is 6.92. The molecule has 20 heavy (non-hydrogen) atoms. The molecule has 1 amide bonds. The molecule has 0 radical (unpaired) electrons. The number of carbonyl (C=O) groups is 1. The summed E-state index contributed by atoms with van der Waals surface area (Å²) in [6, 6.07) is 7.70. The lowest BCUT2D eigenvalue weighted by molar-refractivity contribution is -0.124. The van der Waals surface area contributed by atoms with Gasteiger partial charge >= 0.3 is 0 Å². The third-order valence-electron chi connectivity index (χ3n) is 3.41. The van der Waals surface area contributed by atoms with Gasteiger partial charge in [-0.3, -0.25) is 4.79 Å². The second kappa shape index (κ2) is 6.37. The van der Waals surface area contributed by atoms with Gasteiger partial charge in [0.25, 0.3) is 0 Å². The van der Waals surface area contributed by atoms with Crippen LogP contribution in [0.25, 0.3) is 0 Å². The van der Waals surface area contributed by atoms with Crippen molar-refractivity contribution in [1.82, 2.24) is 9.62 Å². The highest BCUT2D eigenvalue weighted by atomic mass is 32.2. The van der Waals surface area contributed by atoms with Gasteiger partial charge in [0, 0.05) is 13.1 Å². The minimum absolute atomic E-state index is 0.191. The molecule has 6 heteroatoms. The molecule has 110 valence electrons. The number of nitrogens with one attached hydrogen (secondary N) is 1. The van der Waals surface area contributed by atoms with Gasteiger partial charge in [-0.1, -0.05) is 25.1 Å². The number of rotatable bonds is 5. The fourth-order valence-corrected chi connectivity index (χ4v) is 4.06. The van der Waals surface area contributed by atoms with Crippen LogP contribution in [0.2, 0.25) is 0 Å². The van der Waals surface area contributed by atoms with E-state index >= 15 is 0 Å². The highest BCUT2D eigenvalue weighted by Crippen LogP contribution is 2.25. The minimum Gasteiger partial charge on any atom is -0.355 e. The second-order valence-corrected chi connectivity index (χ2v) is 6.77. The molecule has 0 saturated carbocycles. The van der Waals surface area contributed by atoms with Crippen LogP contribution in [0.3, 0.4) is 0 Å². The maximum atomic E-state index is 12.6. The summed E-state index contributed by atoms with van der Waals surface area (Å²) >= 11 is 0. The van der Waals surface area contributed by atoms with E-state index in [1.165, 1.54) is 4.31 Å². The van der Waals surface area contributed by atoms with Crippen molar-refractivity contribution >= 4 is 15.9 Å². The van der Waals surface area contributed by atoms with Gasteiger partial charge < -0.3 is 5.32 Å². The number of sulfonamides is 1. The summed E-state index contributed by atoms with van der Waals surface area (Å²) < 4.78 is 26.5. The number of hydrogen-bond donors (Lipinski definition) is 1. The molecule has 1 fully saturated rings. The molecule has 1 aliphatic heterocycles. The van der Waals surface area contributed by atoms with Gasteiger partial charge in [-0.25, -0.2) is 8.42 Å². The second-order valence-electron chi connectivity index (χ2n) is 4.88. The Bertz CT molecular complexity index is 557. The monoisotopic (exact) mass is 296 g/mol. The summed E-state index contributed by atoms with van der Waals surface area (Å²) in [6.07, 6.45) is 2.14. The largest absolute Gasteiger partial charge is 0.355 e. The SMILES string of the molecule is CCCNC(=O)C1CCCN1S(=O)(=O)c1ccccc1. The molecule has 1 heterocycles. The summed E-state index contributed by atoms with van der Waals surface area (Å²) in [5.41, 5.74) is 0. The molecule has 1 atom stereocenters. The van der Waals surface area contributed by atoms with Crippen molar-refractivity contribution in [3.8, 4) is 0 Å². The van der Waals surface area contributed by atoms with E-state index in [-0.39, 0.29) is 10.8 Å². The van der Waals surface area contributed by atoms with Gasteiger partial charge in [-0.15, -0.1) is 0 Å². The van der Waals surface area contributed by atoms with E-state index in [2.05, 4.69) is 5.32 Å². The zero-order valence-corrected chi connectivity index (χ0v) is 12.4. The van der Waals surface area contributed by atoms with Crippen LogP contribution in [0.1, 0.15) is 26.2 Å². The molecule has 1 N–H and O–H groups in total. The fourth-order valence-electron chi connectivity index (χ4n) is 2.38. The maximum Gasteiger partial charge on any atom is 0.243 e. The zero-order chi connectivity index (χ0) is 14.6. The summed E-state index contributed by atoms with van der Waals surface area (Å²) in [5, 5.41) is 2.78. The van der Waals surface area contributed by atoms with Crippen molar-refractivity contribution in [2.45, 2.75) is 37.1 Å². The quantitative estimate of drug-likeness (QED) is 0.892. The molecule has 0 aliphatic carbocycles. The summed E-state index contributed by atoms with van der Waals surface area (Å²) in [5.74, 6) is -0.191. The van der Waals surface area contributed by atoms with Gasteiger partial charge in [0.2, 0.25) is 15.9 Å². The molecule has 1 aromatic rings. The smallest absolute Gasteiger partial charge is 0.243 e. The number of carbonyl (C=O) groups excluding carboxylic acids is 1. The molecule has 2 rings (SSSR count). The third kappa shape index (κ3) is 3.02. The van der Waals surface area contributed by atoms with Gasteiger partial charge in [0.15, 0.2) is 0 Å². The molecule has 0 aromatic heterocycles. The lowest BCUT2D eigenvalue weighted by Gasteiger charge is -2.23. The highest BCUT2D eigenvalue weighted by Gasteiger charge is 2.39. The molecule has 1 aromatic carbocycles. The van der Waals surface area contributed by atoms with E-state index in [9.17, 15) is 13.2 Å². The average Bonchev–Trinajstić information content (AvgIpc) is 2.96. The molecule has 1 aliphatic rings. The first-order valence-corrected chi connectivity index (χ1v) is 8.36. The van der Waals surface area contributed by atoms with Crippen LogP contribution in [-0.2, 0) is 14.8 Å². The Hall–Kier alpha value is -1.40. The normalized spacial score (nSPS) is 19.9. The number of benzene rings is 1. The van der Waals surface area contributed by atoms with Gasteiger partial charge in [-0.2, -0.15) is 4.31 Å². The van der Waals surface area contributed by atoms with Crippen LogP contribution in [0.4, 0.5) is 0 Å². The Labute approximate surface area is 120 Å². The molecular weight excluding hydrogens is 276 g/mol. The standard InChI is InChI=1S/C14H20N2O3S/c1-2-10-15-14(17)13-9-6-11-16(13)20(18,19)12-7-4-3-5-8-12/h3-5,7-8,13H,2,6,9-11H2,1H3,(H,15,17). The van der Waals surface area contributed by atoms with Crippen LogP contribution in [0.15, 0.2) is 35.2 Å². The molecule has 1 saturated heterocycles. The molecular formula is C14H20N2O3S. The van der Waals surface area contributed by atoms with E-state index in [4.69, 9.17) is 0 Å². The molecule has 5 nitrogen and oxygen atoms in total. The van der Waals surface area contributed by atoms with Crippen molar-refractivity contribution in [2.75, 3.05) is 13.1 Å². The Morgan fingerprint density at radius 3 is 2.70 bits per heavy atom. The molecule has 1 unspecified atom stereocenters. The van der Waals surface area contributed by atoms with Crippen LogP contribution >= 0.6 is 0 Å². The topological polar surface area (TPSA) is 66.5 Å². The van der Waals surface area contributed by atoms with Crippen LogP contribution in [0.5, 0.6) is 0 Å². The van der Waals surface area contributed by atoms with E-state index in [1.54, 1.807) is 30.3 Å². The summed E-state index contributed by atoms with van der Waals surface area (Å²) in [6.45, 7) is 2.95. The fraction of sp³-hybridized carbons (Fsp3) is 0.500. The van der Waals surface area contributed by atoms with Crippen molar-refractivity contribution in [3.63, 3.8) is 0 Å². The lowest BCUT2D eigenvalue weighted by atomic mass is 10.2. The Balaban J connectivity index is 2.20. The van der Waals surface area contributed by atoms with E-state index in [0.717, 1.165) is 12.8 Å². The minimum atomic E-state index is -3.59. The summed E-state index contributed by atoms with van der Waals surface area (Å²) in [4.78, 5) is 12.3. The highest BCUT2D eigenvalue weighted by molar-refractivity contribution is 7.89. The average molecular weight is 296 g/mol. The predicted molar refractivity (Wildman–Crippen MR) is 76.7 cm³/mol. The Morgan fingerprint density at radius 1 is 1.35 bits per heavy atom. The van der Waals surface area contributed by atoms with Crippen molar-refractivity contribution in [1.29, 1.82) is 0 Å². The van der Waals surface area contributed by atoms with E-state index in [0.29, 0.717) is 19.5 Å². The lowest BCUT2D eigenvalue weighted by Crippen LogP contribution is -2.46. The van der Waals surface area contributed by atoms with Gasteiger partial charge in [0.1, 0.15) is 6.04 Å². The van der Waals surface area contributed by atoms with Crippen molar-refractivity contribution in [3.05, 3.63) is 30.3 Å². The number of hydrogen-bond acceptors (Lipinski definition) is 3. The predicted octanol–water partition coefficient (Wildman–Crippen LogP) is 1.37. The Kier molecular flexibility index (Phi) is 4.77. The zero-order valence-electron chi connectivity index (χ0n) is 11.6. The van der Waals surface area contributed by atoms with Crippen LogP contribution in [0, 0.1) is 0 Å². The van der Waals surface area contributed by atoms with Crippen LogP contribution < -0.4 is 5.32 Å². The molecule has 0 spiro atoms. The first kappa shape index (κ1) is 15.0. The van der Waals surface area contributed by atoms with E-state index in [1.807, 2.05) is 6.92 Å². The van der Waals surface area contributed by atoms with Crippen molar-refractivity contribution < 1.29 is 13.2 Å². The summed E-state index contributed by atoms with van der Waals surface area (Å²) in [7, 11) is -3.59. The van der Waals surface area contributed by atoms with Crippen LogP contribution in [-0.4, -0.2) is 37.8 Å². The number of amides is 1. The van der Waals surface area contributed by atoms with Crippen molar-refractivity contribution in [2.24, 2.45) is 0 Å². The third-order valence-corrected chi connectivity index (χ3v) is 5.33. The molecule has 0 bridgehead atoms. The van der Waals surface area contributed by atoms with E-state index < -0.39 is 16.1 Å².